The molecule has 142 valence electrons. The second kappa shape index (κ2) is 9.33. The molecule has 2 aromatic carbocycles. The number of nitrogens with one attached hydrogen (secondary N) is 1. The van der Waals surface area contributed by atoms with E-state index in [1.807, 2.05) is 60.7 Å². The molecule has 1 heterocycles. The zero-order chi connectivity index (χ0) is 19.1. The number of rotatable bonds is 7. The Labute approximate surface area is 160 Å². The molecule has 0 radical (unpaired) electrons. The van der Waals surface area contributed by atoms with Gasteiger partial charge in [-0.25, -0.2) is 0 Å². The summed E-state index contributed by atoms with van der Waals surface area (Å²) >= 11 is 0. The number of carbonyl (C=O) groups excluding carboxylic acids is 1. The third-order valence-corrected chi connectivity index (χ3v) is 5.08. The largest absolute Gasteiger partial charge is 0.481 e. The number of aliphatic carboxylic acids is 1. The molecule has 2 N–H and O–H groups in total. The summed E-state index contributed by atoms with van der Waals surface area (Å²) in [5, 5.41) is 12.3. The van der Waals surface area contributed by atoms with Gasteiger partial charge in [0.15, 0.2) is 0 Å². The maximum Gasteiger partial charge on any atom is 0.307 e. The van der Waals surface area contributed by atoms with Crippen LogP contribution in [-0.4, -0.2) is 41.5 Å². The van der Waals surface area contributed by atoms with Crippen molar-refractivity contribution in [2.45, 2.75) is 25.3 Å². The van der Waals surface area contributed by atoms with Crippen LogP contribution in [0.15, 0.2) is 60.7 Å². The third-order valence-electron chi connectivity index (χ3n) is 5.08. The van der Waals surface area contributed by atoms with Crippen LogP contribution in [0.25, 0.3) is 0 Å². The number of piperidine rings is 1. The monoisotopic (exact) mass is 366 g/mol. The molecule has 1 amide bonds. The zero-order valence-corrected chi connectivity index (χ0v) is 15.4. The van der Waals surface area contributed by atoms with E-state index in [9.17, 15) is 14.7 Å². The summed E-state index contributed by atoms with van der Waals surface area (Å²) in [7, 11) is 0. The number of amides is 1. The Hall–Kier alpha value is -2.66. The highest BCUT2D eigenvalue weighted by Gasteiger charge is 2.25. The maximum atomic E-state index is 12.6. The van der Waals surface area contributed by atoms with Gasteiger partial charge < -0.3 is 15.3 Å². The van der Waals surface area contributed by atoms with Gasteiger partial charge in [-0.15, -0.1) is 0 Å². The van der Waals surface area contributed by atoms with Gasteiger partial charge in [0.2, 0.25) is 5.91 Å². The molecular weight excluding hydrogens is 340 g/mol. The van der Waals surface area contributed by atoms with Gasteiger partial charge in [-0.1, -0.05) is 60.7 Å². The molecule has 0 aromatic heterocycles. The Bertz CT molecular complexity index is 709. The zero-order valence-electron chi connectivity index (χ0n) is 15.4. The second-order valence-electron chi connectivity index (χ2n) is 7.05. The van der Waals surface area contributed by atoms with E-state index in [2.05, 4.69) is 10.2 Å². The number of nitrogens with zero attached hydrogens (tertiary/aromatic N) is 1. The average molecular weight is 366 g/mol. The molecule has 5 heteroatoms. The van der Waals surface area contributed by atoms with Crippen molar-refractivity contribution < 1.29 is 14.7 Å². The predicted octanol–water partition coefficient (Wildman–Crippen LogP) is 3.08. The van der Waals surface area contributed by atoms with E-state index < -0.39 is 5.97 Å². The van der Waals surface area contributed by atoms with Crippen LogP contribution >= 0.6 is 0 Å². The summed E-state index contributed by atoms with van der Waals surface area (Å²) in [5.74, 6) is -1.08. The van der Waals surface area contributed by atoms with E-state index in [-0.39, 0.29) is 17.9 Å². The topological polar surface area (TPSA) is 69.6 Å². The number of benzene rings is 2. The highest BCUT2D eigenvalue weighted by Crippen LogP contribution is 2.22. The van der Waals surface area contributed by atoms with Crippen molar-refractivity contribution in [3.05, 3.63) is 71.8 Å². The lowest BCUT2D eigenvalue weighted by Crippen LogP contribution is -2.40. The minimum Gasteiger partial charge on any atom is -0.481 e. The summed E-state index contributed by atoms with van der Waals surface area (Å²) in [6.45, 7) is 1.98. The molecule has 1 atom stereocenters. The molecule has 0 aliphatic carbocycles. The Morgan fingerprint density at radius 1 is 1.04 bits per heavy atom. The van der Waals surface area contributed by atoms with Crippen LogP contribution in [-0.2, 0) is 9.59 Å². The van der Waals surface area contributed by atoms with Crippen LogP contribution in [0, 0.1) is 5.92 Å². The fourth-order valence-electron chi connectivity index (χ4n) is 3.60. The average Bonchev–Trinajstić information content (AvgIpc) is 2.72. The maximum absolute atomic E-state index is 12.6. The first-order valence-corrected chi connectivity index (χ1v) is 9.48. The molecular formula is C22H26N2O3. The molecule has 2 aromatic rings. The molecule has 5 nitrogen and oxygen atoms in total. The van der Waals surface area contributed by atoms with Gasteiger partial charge in [0.05, 0.1) is 12.0 Å². The van der Waals surface area contributed by atoms with Crippen LogP contribution in [0.2, 0.25) is 0 Å². The lowest BCUT2D eigenvalue weighted by atomic mass is 9.98. The summed E-state index contributed by atoms with van der Waals surface area (Å²) in [6.07, 6.45) is 1.96. The lowest BCUT2D eigenvalue weighted by Gasteiger charge is -2.30. The van der Waals surface area contributed by atoms with Crippen LogP contribution in [0.3, 0.4) is 0 Å². The first kappa shape index (κ1) is 19.1. The predicted molar refractivity (Wildman–Crippen MR) is 104 cm³/mol. The first-order valence-electron chi connectivity index (χ1n) is 9.48. The van der Waals surface area contributed by atoms with Gasteiger partial charge in [-0.3, -0.25) is 9.59 Å². The highest BCUT2D eigenvalue weighted by molar-refractivity contribution is 5.77. The van der Waals surface area contributed by atoms with E-state index in [1.54, 1.807) is 0 Å². The van der Waals surface area contributed by atoms with Crippen LogP contribution in [0.4, 0.5) is 0 Å². The number of likely N-dealkylation sites (tertiary alicyclic amines) is 1. The summed E-state index contributed by atoms with van der Waals surface area (Å²) in [4.78, 5) is 25.9. The van der Waals surface area contributed by atoms with Gasteiger partial charge in [0, 0.05) is 19.5 Å². The molecule has 1 fully saturated rings. The molecule has 0 spiro atoms. The molecule has 0 saturated carbocycles. The Morgan fingerprint density at radius 2 is 1.63 bits per heavy atom. The van der Waals surface area contributed by atoms with Crippen molar-refractivity contribution in [3.63, 3.8) is 0 Å². The first-order chi connectivity index (χ1) is 13.1. The van der Waals surface area contributed by atoms with Crippen LogP contribution in [0.5, 0.6) is 0 Å². The minimum atomic E-state index is -0.739. The van der Waals surface area contributed by atoms with E-state index in [0.29, 0.717) is 19.5 Å². The SMILES string of the molecule is O=C(CCN1CCCC(C(=O)O)C1)NC(c1ccccc1)c1ccccc1. The van der Waals surface area contributed by atoms with Crippen molar-refractivity contribution in [1.82, 2.24) is 10.2 Å². The number of carbonyl (C=O) groups is 2. The van der Waals surface area contributed by atoms with Gasteiger partial charge in [0.25, 0.3) is 0 Å². The molecule has 27 heavy (non-hydrogen) atoms. The highest BCUT2D eigenvalue weighted by atomic mass is 16.4. The second-order valence-corrected chi connectivity index (χ2v) is 7.05. The Morgan fingerprint density at radius 3 is 2.19 bits per heavy atom. The van der Waals surface area contributed by atoms with Gasteiger partial charge in [-0.05, 0) is 30.5 Å². The van der Waals surface area contributed by atoms with Crippen LogP contribution in [0.1, 0.15) is 36.4 Å². The van der Waals surface area contributed by atoms with E-state index in [1.165, 1.54) is 0 Å². The number of carboxylic acid groups (broad SMARTS) is 1. The number of hydrogen-bond donors (Lipinski definition) is 2. The van der Waals surface area contributed by atoms with E-state index in [0.717, 1.165) is 30.5 Å². The third kappa shape index (κ3) is 5.41. The van der Waals surface area contributed by atoms with Gasteiger partial charge in [0.1, 0.15) is 0 Å². The normalized spacial score (nSPS) is 17.6. The molecule has 1 aliphatic heterocycles. The van der Waals surface area contributed by atoms with Crippen LogP contribution < -0.4 is 5.32 Å². The Balaban J connectivity index is 1.61. The molecule has 1 aliphatic rings. The fraction of sp³-hybridized carbons (Fsp3) is 0.364. The van der Waals surface area contributed by atoms with Crippen molar-refractivity contribution in [3.8, 4) is 0 Å². The van der Waals surface area contributed by atoms with Crippen molar-refractivity contribution in [2.24, 2.45) is 5.92 Å². The minimum absolute atomic E-state index is 0.0230. The number of hydrogen-bond acceptors (Lipinski definition) is 3. The molecule has 0 bridgehead atoms. The van der Waals surface area contributed by atoms with Crippen molar-refractivity contribution >= 4 is 11.9 Å². The fourth-order valence-corrected chi connectivity index (χ4v) is 3.60. The van der Waals surface area contributed by atoms with Gasteiger partial charge >= 0.3 is 5.97 Å². The molecule has 3 rings (SSSR count). The van der Waals surface area contributed by atoms with Crippen molar-refractivity contribution in [1.29, 1.82) is 0 Å². The number of carboxylic acids is 1. The standard InChI is InChI=1S/C22H26N2O3/c25-20(13-15-24-14-7-12-19(16-24)22(26)27)23-21(17-8-3-1-4-9-17)18-10-5-2-6-11-18/h1-6,8-11,19,21H,7,12-16H2,(H,23,25)(H,26,27). The van der Waals surface area contributed by atoms with E-state index in [4.69, 9.17) is 0 Å². The van der Waals surface area contributed by atoms with E-state index >= 15 is 0 Å². The molecule has 1 saturated heterocycles. The lowest BCUT2D eigenvalue weighted by molar-refractivity contribution is -0.143. The van der Waals surface area contributed by atoms with Gasteiger partial charge in [-0.2, -0.15) is 0 Å². The van der Waals surface area contributed by atoms with Crippen molar-refractivity contribution in [2.75, 3.05) is 19.6 Å². The Kier molecular flexibility index (Phi) is 6.60. The smallest absolute Gasteiger partial charge is 0.307 e. The summed E-state index contributed by atoms with van der Waals surface area (Å²) in [6, 6.07) is 19.7. The molecule has 1 unspecified atom stereocenters. The summed E-state index contributed by atoms with van der Waals surface area (Å²) in [5.41, 5.74) is 2.09. The quantitative estimate of drug-likeness (QED) is 0.790. The summed E-state index contributed by atoms with van der Waals surface area (Å²) < 4.78 is 0.